The minimum absolute atomic E-state index is 0.645. The molecular formula is C43H29N3S. The molecule has 7 aromatic carbocycles. The fourth-order valence-electron chi connectivity index (χ4n) is 6.17. The first-order valence-electron chi connectivity index (χ1n) is 15.6. The molecule has 0 radical (unpaired) electrons. The van der Waals surface area contributed by atoms with E-state index >= 15 is 0 Å². The van der Waals surface area contributed by atoms with Gasteiger partial charge in [-0.25, -0.2) is 0 Å². The van der Waals surface area contributed by atoms with Crippen LogP contribution in [0.25, 0.3) is 42.4 Å². The predicted octanol–water partition coefficient (Wildman–Crippen LogP) is 12.5. The molecule has 0 saturated carbocycles. The Labute approximate surface area is 278 Å². The quantitative estimate of drug-likeness (QED) is 0.193. The summed E-state index contributed by atoms with van der Waals surface area (Å²) in [5.41, 5.74) is 10.2. The Balaban J connectivity index is 1.16. The summed E-state index contributed by atoms with van der Waals surface area (Å²) in [5.74, 6) is 0. The molecule has 222 valence electrons. The van der Waals surface area contributed by atoms with Gasteiger partial charge in [-0.05, 0) is 113 Å². The highest BCUT2D eigenvalue weighted by atomic mass is 32.1. The third-order valence-electron chi connectivity index (χ3n) is 8.41. The first-order chi connectivity index (χ1) is 23.2. The largest absolute Gasteiger partial charge is 0.355 e. The molecule has 0 aliphatic heterocycles. The minimum Gasteiger partial charge on any atom is -0.355 e. The minimum atomic E-state index is 0.645. The molecule has 8 aromatic rings. The molecular weight excluding hydrogens is 591 g/mol. The van der Waals surface area contributed by atoms with Crippen LogP contribution in [0.4, 0.5) is 28.4 Å². The van der Waals surface area contributed by atoms with Crippen molar-refractivity contribution in [3.8, 4) is 28.3 Å². The summed E-state index contributed by atoms with van der Waals surface area (Å²) in [5, 5.41) is 15.7. The molecule has 0 bridgehead atoms. The second-order valence-electron chi connectivity index (χ2n) is 11.5. The maximum Gasteiger partial charge on any atom is 0.0991 e. The Kier molecular flexibility index (Phi) is 7.43. The number of hydrogen-bond donors (Lipinski definition) is 1. The van der Waals surface area contributed by atoms with Crippen molar-refractivity contribution in [2.24, 2.45) is 0 Å². The summed E-state index contributed by atoms with van der Waals surface area (Å²) in [6.45, 7) is 0. The van der Waals surface area contributed by atoms with Gasteiger partial charge in [-0.3, -0.25) is 0 Å². The van der Waals surface area contributed by atoms with E-state index in [1.54, 1.807) is 0 Å². The van der Waals surface area contributed by atoms with Crippen molar-refractivity contribution in [2.45, 2.75) is 0 Å². The average molecular weight is 620 g/mol. The van der Waals surface area contributed by atoms with Crippen molar-refractivity contribution in [3.05, 3.63) is 175 Å². The maximum atomic E-state index is 9.51. The molecule has 8 rings (SSSR count). The number of thiophene rings is 1. The van der Waals surface area contributed by atoms with E-state index in [0.717, 1.165) is 50.7 Å². The number of para-hydroxylation sites is 1. The molecule has 1 N–H and O–H groups in total. The smallest absolute Gasteiger partial charge is 0.0991 e. The highest BCUT2D eigenvalue weighted by Crippen LogP contribution is 2.41. The highest BCUT2D eigenvalue weighted by molar-refractivity contribution is 7.25. The highest BCUT2D eigenvalue weighted by Gasteiger charge is 2.15. The second kappa shape index (κ2) is 12.3. The van der Waals surface area contributed by atoms with Crippen molar-refractivity contribution in [3.63, 3.8) is 0 Å². The molecule has 3 nitrogen and oxygen atoms in total. The van der Waals surface area contributed by atoms with Gasteiger partial charge in [0.05, 0.1) is 11.6 Å². The number of rotatable bonds is 7. The number of nitriles is 1. The number of anilines is 5. The monoisotopic (exact) mass is 619 g/mol. The Morgan fingerprint density at radius 2 is 1.09 bits per heavy atom. The lowest BCUT2D eigenvalue weighted by Crippen LogP contribution is -2.09. The fourth-order valence-corrected chi connectivity index (χ4v) is 7.26. The van der Waals surface area contributed by atoms with Crippen LogP contribution in [0.15, 0.2) is 170 Å². The van der Waals surface area contributed by atoms with E-state index in [9.17, 15) is 5.26 Å². The zero-order chi connectivity index (χ0) is 31.6. The summed E-state index contributed by atoms with van der Waals surface area (Å²) in [7, 11) is 0. The van der Waals surface area contributed by atoms with Crippen LogP contribution in [-0.4, -0.2) is 0 Å². The molecule has 0 atom stereocenters. The van der Waals surface area contributed by atoms with Crippen LogP contribution in [0.1, 0.15) is 5.56 Å². The molecule has 0 saturated heterocycles. The van der Waals surface area contributed by atoms with E-state index in [-0.39, 0.29) is 0 Å². The Morgan fingerprint density at radius 1 is 0.447 bits per heavy atom. The number of nitrogens with one attached hydrogen (secondary N) is 1. The van der Waals surface area contributed by atoms with Gasteiger partial charge in [0, 0.05) is 48.6 Å². The molecule has 0 fully saturated rings. The Morgan fingerprint density at radius 3 is 1.87 bits per heavy atom. The fraction of sp³-hybridized carbons (Fsp3) is 0. The van der Waals surface area contributed by atoms with E-state index in [1.165, 1.54) is 20.2 Å². The van der Waals surface area contributed by atoms with Gasteiger partial charge < -0.3 is 10.2 Å². The number of fused-ring (bicyclic) bond motifs is 3. The Bertz CT molecular complexity index is 2390. The molecule has 4 heteroatoms. The zero-order valence-electron chi connectivity index (χ0n) is 25.5. The summed E-state index contributed by atoms with van der Waals surface area (Å²) in [4.78, 5) is 2.31. The lowest BCUT2D eigenvalue weighted by Gasteiger charge is -2.26. The second-order valence-corrected chi connectivity index (χ2v) is 12.6. The first-order valence-corrected chi connectivity index (χ1v) is 16.4. The molecule has 0 aliphatic rings. The van der Waals surface area contributed by atoms with Gasteiger partial charge in [0.2, 0.25) is 0 Å². The van der Waals surface area contributed by atoms with Gasteiger partial charge in [-0.2, -0.15) is 5.26 Å². The molecule has 47 heavy (non-hydrogen) atoms. The standard InChI is InChI=1S/C43H29N3S/c44-29-30-10-9-13-32(24-30)34-25-33(31-11-3-1-4-12-31)26-36(27-34)45-35-18-20-38(21-19-35)46(37-14-5-2-6-15-37)39-22-23-43-41(28-39)40-16-7-8-17-42(40)47-43/h1-28,45H. The van der Waals surface area contributed by atoms with Crippen molar-refractivity contribution < 1.29 is 0 Å². The average Bonchev–Trinajstić information content (AvgIpc) is 3.51. The van der Waals surface area contributed by atoms with Gasteiger partial charge in [-0.1, -0.05) is 78.9 Å². The molecule has 0 aliphatic carbocycles. The van der Waals surface area contributed by atoms with Crippen LogP contribution in [0.3, 0.4) is 0 Å². The van der Waals surface area contributed by atoms with Crippen molar-refractivity contribution in [1.29, 1.82) is 5.26 Å². The zero-order valence-corrected chi connectivity index (χ0v) is 26.3. The van der Waals surface area contributed by atoms with Crippen LogP contribution in [-0.2, 0) is 0 Å². The van der Waals surface area contributed by atoms with Gasteiger partial charge in [0.25, 0.3) is 0 Å². The van der Waals surface area contributed by atoms with Gasteiger partial charge in [-0.15, -0.1) is 11.3 Å². The maximum absolute atomic E-state index is 9.51. The summed E-state index contributed by atoms with van der Waals surface area (Å²) >= 11 is 1.84. The normalized spacial score (nSPS) is 11.0. The number of hydrogen-bond acceptors (Lipinski definition) is 4. The van der Waals surface area contributed by atoms with Gasteiger partial charge >= 0.3 is 0 Å². The number of benzene rings is 7. The number of nitrogens with zero attached hydrogens (tertiary/aromatic N) is 2. The van der Waals surface area contributed by atoms with Crippen LogP contribution in [0, 0.1) is 11.3 Å². The molecule has 0 unspecified atom stereocenters. The summed E-state index contributed by atoms with van der Waals surface area (Å²) in [6, 6.07) is 61.5. The van der Waals surface area contributed by atoms with Crippen molar-refractivity contribution in [2.75, 3.05) is 10.2 Å². The SMILES string of the molecule is N#Cc1cccc(-c2cc(Nc3ccc(N(c4ccccc4)c4ccc5sc6ccccc6c5c4)cc3)cc(-c3ccccc3)c2)c1. The van der Waals surface area contributed by atoms with E-state index in [1.807, 2.05) is 35.6 Å². The van der Waals surface area contributed by atoms with Crippen molar-refractivity contribution in [1.82, 2.24) is 0 Å². The van der Waals surface area contributed by atoms with Crippen LogP contribution >= 0.6 is 11.3 Å². The predicted molar refractivity (Wildman–Crippen MR) is 199 cm³/mol. The molecule has 1 aromatic heterocycles. The van der Waals surface area contributed by atoms with Gasteiger partial charge in [0.15, 0.2) is 0 Å². The van der Waals surface area contributed by atoms with E-state index in [0.29, 0.717) is 5.56 Å². The van der Waals surface area contributed by atoms with Crippen LogP contribution < -0.4 is 10.2 Å². The van der Waals surface area contributed by atoms with Crippen molar-refractivity contribution >= 4 is 59.9 Å². The van der Waals surface area contributed by atoms with E-state index < -0.39 is 0 Å². The Hall–Kier alpha value is -6.15. The molecule has 0 spiro atoms. The molecule has 0 amide bonds. The topological polar surface area (TPSA) is 39.1 Å². The first kappa shape index (κ1) is 28.3. The third kappa shape index (κ3) is 5.73. The summed E-state index contributed by atoms with van der Waals surface area (Å²) < 4.78 is 2.59. The van der Waals surface area contributed by atoms with Crippen LogP contribution in [0.2, 0.25) is 0 Å². The lowest BCUT2D eigenvalue weighted by atomic mass is 9.97. The van der Waals surface area contributed by atoms with E-state index in [2.05, 4.69) is 162 Å². The lowest BCUT2D eigenvalue weighted by molar-refractivity contribution is 1.29. The van der Waals surface area contributed by atoms with Crippen LogP contribution in [0.5, 0.6) is 0 Å². The molecule has 1 heterocycles. The third-order valence-corrected chi connectivity index (χ3v) is 9.56. The van der Waals surface area contributed by atoms with Gasteiger partial charge in [0.1, 0.15) is 0 Å². The van der Waals surface area contributed by atoms with E-state index in [4.69, 9.17) is 0 Å². The summed E-state index contributed by atoms with van der Waals surface area (Å²) in [6.07, 6.45) is 0.